The molecule has 0 amide bonds. The van der Waals surface area contributed by atoms with E-state index in [4.69, 9.17) is 11.6 Å². The molecule has 0 spiro atoms. The molecule has 0 bridgehead atoms. The van der Waals surface area contributed by atoms with Gasteiger partial charge < -0.3 is 5.32 Å². The lowest BCUT2D eigenvalue weighted by Gasteiger charge is -2.08. The Kier molecular flexibility index (Phi) is 4.42. The van der Waals surface area contributed by atoms with Crippen LogP contribution >= 0.6 is 11.6 Å². The van der Waals surface area contributed by atoms with Crippen LogP contribution in [0.3, 0.4) is 0 Å². The minimum atomic E-state index is -0.815. The van der Waals surface area contributed by atoms with Crippen LogP contribution in [0.25, 0.3) is 0 Å². The van der Waals surface area contributed by atoms with Crippen LogP contribution in [0.4, 0.5) is 15.8 Å². The van der Waals surface area contributed by atoms with Gasteiger partial charge in [-0.3, -0.25) is 14.8 Å². The van der Waals surface area contributed by atoms with Crippen LogP contribution in [0.1, 0.15) is 18.2 Å². The van der Waals surface area contributed by atoms with Gasteiger partial charge in [0.2, 0.25) is 0 Å². The van der Waals surface area contributed by atoms with E-state index in [0.29, 0.717) is 6.54 Å². The number of nitrogens with zero attached hydrogens (tertiary/aromatic N) is 3. The molecule has 1 heterocycles. The lowest BCUT2D eigenvalue weighted by atomic mass is 10.2. The molecule has 2 aromatic rings. The third-order valence-corrected chi connectivity index (χ3v) is 3.32. The van der Waals surface area contributed by atoms with Crippen molar-refractivity contribution in [3.05, 3.63) is 50.5 Å². The fraction of sp³-hybridized carbons (Fsp3) is 0.308. The molecule has 0 aliphatic heterocycles. The number of nitrogens with one attached hydrogen (secondary N) is 1. The van der Waals surface area contributed by atoms with E-state index < -0.39 is 10.7 Å². The van der Waals surface area contributed by atoms with E-state index in [1.165, 1.54) is 6.07 Å². The molecule has 8 heteroatoms. The number of benzene rings is 1. The average Bonchev–Trinajstić information content (AvgIpc) is 2.79. The van der Waals surface area contributed by atoms with Gasteiger partial charge in [-0.05, 0) is 12.5 Å². The number of hydrogen-bond acceptors (Lipinski definition) is 4. The number of halogens is 2. The summed E-state index contributed by atoms with van der Waals surface area (Å²) in [6.07, 6.45) is 2.59. The van der Waals surface area contributed by atoms with E-state index in [-0.39, 0.29) is 16.4 Å². The molecule has 0 atom stereocenters. The summed E-state index contributed by atoms with van der Waals surface area (Å²) in [4.78, 5) is 10.3. The monoisotopic (exact) mass is 312 g/mol. The van der Waals surface area contributed by atoms with Crippen LogP contribution in [-0.2, 0) is 20.0 Å². The first-order valence-corrected chi connectivity index (χ1v) is 6.68. The maximum absolute atomic E-state index is 13.3. The number of aromatic nitrogens is 2. The first-order chi connectivity index (χ1) is 9.92. The molecule has 112 valence electrons. The third kappa shape index (κ3) is 3.30. The molecule has 0 unspecified atom stereocenters. The number of aryl methyl sites for hydroxylation is 2. The quantitative estimate of drug-likeness (QED) is 0.679. The molecule has 0 fully saturated rings. The topological polar surface area (TPSA) is 73.0 Å². The summed E-state index contributed by atoms with van der Waals surface area (Å²) in [6.45, 7) is 2.32. The number of hydrogen-bond donors (Lipinski definition) is 1. The third-order valence-electron chi connectivity index (χ3n) is 3.03. The van der Waals surface area contributed by atoms with E-state index in [2.05, 4.69) is 10.4 Å². The van der Waals surface area contributed by atoms with Crippen molar-refractivity contribution in [2.45, 2.75) is 19.9 Å². The maximum atomic E-state index is 13.3. The molecule has 1 N–H and O–H groups in total. The van der Waals surface area contributed by atoms with Crippen molar-refractivity contribution in [1.29, 1.82) is 0 Å². The Bertz CT molecular complexity index is 687. The predicted octanol–water partition coefficient (Wildman–Crippen LogP) is 3.30. The number of anilines is 1. The Morgan fingerprint density at radius 2 is 2.24 bits per heavy atom. The normalized spacial score (nSPS) is 10.7. The average molecular weight is 313 g/mol. The molecule has 21 heavy (non-hydrogen) atoms. The van der Waals surface area contributed by atoms with E-state index in [1.807, 2.05) is 13.1 Å². The molecule has 1 aromatic carbocycles. The number of rotatable bonds is 5. The highest BCUT2D eigenvalue weighted by Gasteiger charge is 2.18. The molecule has 0 aliphatic rings. The zero-order valence-corrected chi connectivity index (χ0v) is 12.3. The predicted molar refractivity (Wildman–Crippen MR) is 78.0 cm³/mol. The van der Waals surface area contributed by atoms with E-state index in [9.17, 15) is 14.5 Å². The minimum Gasteiger partial charge on any atom is -0.375 e. The second-order valence-electron chi connectivity index (χ2n) is 4.52. The van der Waals surface area contributed by atoms with Gasteiger partial charge in [0.05, 0.1) is 21.7 Å². The van der Waals surface area contributed by atoms with E-state index in [0.717, 1.165) is 23.7 Å². The fourth-order valence-electron chi connectivity index (χ4n) is 2.05. The highest BCUT2D eigenvalue weighted by atomic mass is 35.5. The summed E-state index contributed by atoms with van der Waals surface area (Å²) in [5.41, 5.74) is 1.66. The van der Waals surface area contributed by atoms with Crippen molar-refractivity contribution in [3.63, 3.8) is 0 Å². The highest BCUT2D eigenvalue weighted by molar-refractivity contribution is 6.31. The molecule has 0 saturated carbocycles. The summed E-state index contributed by atoms with van der Waals surface area (Å²) >= 11 is 5.68. The van der Waals surface area contributed by atoms with Crippen LogP contribution in [0.2, 0.25) is 5.02 Å². The molecular weight excluding hydrogens is 299 g/mol. The molecule has 1 aromatic heterocycles. The Labute approximate surface area is 125 Å². The summed E-state index contributed by atoms with van der Waals surface area (Å²) in [5, 5.41) is 18.0. The largest absolute Gasteiger partial charge is 0.375 e. The molecule has 0 radical (unpaired) electrons. The number of nitro groups is 1. The van der Waals surface area contributed by atoms with Gasteiger partial charge in [-0.25, -0.2) is 4.39 Å². The highest BCUT2D eigenvalue weighted by Crippen LogP contribution is 2.30. The SMILES string of the molecule is CCc1nn(C)cc1CNc1cc(Cl)c(F)cc1[N+](=O)[O-]. The Morgan fingerprint density at radius 3 is 2.86 bits per heavy atom. The van der Waals surface area contributed by atoms with Crippen molar-refractivity contribution in [2.75, 3.05) is 5.32 Å². The first kappa shape index (κ1) is 15.2. The van der Waals surface area contributed by atoms with Crippen molar-refractivity contribution in [1.82, 2.24) is 9.78 Å². The van der Waals surface area contributed by atoms with Crippen molar-refractivity contribution < 1.29 is 9.31 Å². The molecule has 2 rings (SSSR count). The zero-order chi connectivity index (χ0) is 15.6. The van der Waals surface area contributed by atoms with Gasteiger partial charge in [0.1, 0.15) is 11.5 Å². The van der Waals surface area contributed by atoms with Crippen molar-refractivity contribution >= 4 is 23.0 Å². The first-order valence-electron chi connectivity index (χ1n) is 6.31. The standard InChI is InChI=1S/C13H14ClFN4O2/c1-3-11-8(7-18(2)17-11)6-16-12-4-9(14)10(15)5-13(12)19(20)21/h4-5,7,16H,3,6H2,1-2H3. The van der Waals surface area contributed by atoms with Gasteiger partial charge in [-0.2, -0.15) is 5.10 Å². The van der Waals surface area contributed by atoms with Crippen LogP contribution in [0, 0.1) is 15.9 Å². The lowest BCUT2D eigenvalue weighted by Crippen LogP contribution is -2.04. The fourth-order valence-corrected chi connectivity index (χ4v) is 2.21. The van der Waals surface area contributed by atoms with E-state index in [1.54, 1.807) is 11.7 Å². The van der Waals surface area contributed by atoms with Crippen LogP contribution in [0.5, 0.6) is 0 Å². The molecular formula is C13H14ClFN4O2. The maximum Gasteiger partial charge on any atom is 0.295 e. The summed E-state index contributed by atoms with van der Waals surface area (Å²) in [7, 11) is 1.81. The van der Waals surface area contributed by atoms with E-state index >= 15 is 0 Å². The summed E-state index contributed by atoms with van der Waals surface area (Å²) in [5.74, 6) is -0.815. The van der Waals surface area contributed by atoms with Crippen LogP contribution in [0.15, 0.2) is 18.3 Å². The van der Waals surface area contributed by atoms with Gasteiger partial charge in [0.25, 0.3) is 5.69 Å². The Hall–Kier alpha value is -2.15. The summed E-state index contributed by atoms with van der Waals surface area (Å²) in [6, 6.07) is 2.03. The Balaban J connectivity index is 2.27. The Morgan fingerprint density at radius 1 is 1.52 bits per heavy atom. The van der Waals surface area contributed by atoms with Crippen LogP contribution in [-0.4, -0.2) is 14.7 Å². The molecule has 0 saturated heterocycles. The van der Waals surface area contributed by atoms with Gasteiger partial charge in [0, 0.05) is 25.4 Å². The zero-order valence-electron chi connectivity index (χ0n) is 11.6. The van der Waals surface area contributed by atoms with Crippen molar-refractivity contribution in [3.8, 4) is 0 Å². The molecule has 6 nitrogen and oxygen atoms in total. The second kappa shape index (κ2) is 6.09. The number of nitro benzene ring substituents is 1. The van der Waals surface area contributed by atoms with Crippen molar-refractivity contribution in [2.24, 2.45) is 7.05 Å². The second-order valence-corrected chi connectivity index (χ2v) is 4.93. The van der Waals surface area contributed by atoms with Gasteiger partial charge >= 0.3 is 0 Å². The summed E-state index contributed by atoms with van der Waals surface area (Å²) < 4.78 is 15.0. The van der Waals surface area contributed by atoms with Gasteiger partial charge in [0.15, 0.2) is 0 Å². The molecule has 0 aliphatic carbocycles. The smallest absolute Gasteiger partial charge is 0.295 e. The minimum absolute atomic E-state index is 0.162. The van der Waals surface area contributed by atoms with Crippen LogP contribution < -0.4 is 5.32 Å². The lowest BCUT2D eigenvalue weighted by molar-refractivity contribution is -0.384. The van der Waals surface area contributed by atoms with Gasteiger partial charge in [-0.1, -0.05) is 18.5 Å². The van der Waals surface area contributed by atoms with Gasteiger partial charge in [-0.15, -0.1) is 0 Å².